The summed E-state index contributed by atoms with van der Waals surface area (Å²) in [6, 6.07) is 26.9. The van der Waals surface area contributed by atoms with Gasteiger partial charge in [0.15, 0.2) is 5.16 Å². The lowest BCUT2D eigenvalue weighted by molar-refractivity contribution is 0.0955. The van der Waals surface area contributed by atoms with Gasteiger partial charge in [0.25, 0.3) is 5.91 Å². The summed E-state index contributed by atoms with van der Waals surface area (Å²) in [5.41, 5.74) is 9.44. The average Bonchev–Trinajstić information content (AvgIpc) is 3.40. The Labute approximate surface area is 237 Å². The molecule has 3 aromatic carbocycles. The number of hydrazone groups is 1. The number of aryl methyl sites for hydroxylation is 2. The van der Waals surface area contributed by atoms with Gasteiger partial charge in [0.1, 0.15) is 11.4 Å². The van der Waals surface area contributed by atoms with Gasteiger partial charge in [-0.2, -0.15) is 10.2 Å². The van der Waals surface area contributed by atoms with Crippen LogP contribution in [-0.2, 0) is 5.75 Å². The Balaban J connectivity index is 1.27. The van der Waals surface area contributed by atoms with Crippen LogP contribution in [0.4, 0.5) is 0 Å². The van der Waals surface area contributed by atoms with Crippen molar-refractivity contribution in [2.45, 2.75) is 24.8 Å². The first-order valence-corrected chi connectivity index (χ1v) is 13.6. The summed E-state index contributed by atoms with van der Waals surface area (Å²) < 4.78 is 7.08. The molecule has 8 nitrogen and oxygen atoms in total. The maximum Gasteiger partial charge on any atom is 0.271 e. The molecule has 200 valence electrons. The van der Waals surface area contributed by atoms with Crippen LogP contribution in [0.5, 0.6) is 5.75 Å². The number of ether oxygens (including phenoxy) is 1. The average molecular weight is 549 g/mol. The number of rotatable bonds is 9. The minimum absolute atomic E-state index is 0.297. The first kappa shape index (κ1) is 26.8. The van der Waals surface area contributed by atoms with E-state index in [2.05, 4.69) is 20.5 Å². The van der Waals surface area contributed by atoms with Crippen LogP contribution >= 0.6 is 11.8 Å². The van der Waals surface area contributed by atoms with Crippen LogP contribution in [0.1, 0.15) is 32.9 Å². The highest BCUT2D eigenvalue weighted by atomic mass is 32.2. The van der Waals surface area contributed by atoms with Crippen LogP contribution in [-0.4, -0.2) is 39.0 Å². The van der Waals surface area contributed by atoms with E-state index in [4.69, 9.17) is 9.84 Å². The van der Waals surface area contributed by atoms with Gasteiger partial charge in [0.05, 0.1) is 19.0 Å². The van der Waals surface area contributed by atoms with E-state index in [0.717, 1.165) is 50.4 Å². The predicted molar refractivity (Wildman–Crippen MR) is 158 cm³/mol. The molecule has 0 aliphatic heterocycles. The number of aromatic nitrogens is 4. The van der Waals surface area contributed by atoms with Gasteiger partial charge >= 0.3 is 0 Å². The first-order chi connectivity index (χ1) is 19.5. The van der Waals surface area contributed by atoms with Gasteiger partial charge in [-0.05, 0) is 74.0 Å². The molecule has 0 bridgehead atoms. The highest BCUT2D eigenvalue weighted by Crippen LogP contribution is 2.25. The summed E-state index contributed by atoms with van der Waals surface area (Å²) in [5.74, 6) is 1.18. The number of nitrogens with one attached hydrogen (secondary N) is 1. The molecule has 0 spiro atoms. The van der Waals surface area contributed by atoms with Crippen molar-refractivity contribution < 1.29 is 9.53 Å². The Morgan fingerprint density at radius 2 is 1.68 bits per heavy atom. The van der Waals surface area contributed by atoms with E-state index in [0.29, 0.717) is 11.3 Å². The number of carbonyl (C=O) groups excluding carboxylic acids is 1. The van der Waals surface area contributed by atoms with E-state index in [1.54, 1.807) is 41.9 Å². The third kappa shape index (κ3) is 6.62. The molecule has 5 aromatic rings. The number of benzene rings is 3. The van der Waals surface area contributed by atoms with Crippen LogP contribution in [0.2, 0.25) is 0 Å². The lowest BCUT2D eigenvalue weighted by Gasteiger charge is -2.05. The van der Waals surface area contributed by atoms with Crippen molar-refractivity contribution in [3.05, 3.63) is 119 Å². The summed E-state index contributed by atoms with van der Waals surface area (Å²) in [7, 11) is 1.63. The topological polar surface area (TPSA) is 94.3 Å². The fourth-order valence-electron chi connectivity index (χ4n) is 4.05. The molecule has 0 saturated carbocycles. The molecule has 0 unspecified atom stereocenters. The van der Waals surface area contributed by atoms with Gasteiger partial charge in [0, 0.05) is 40.0 Å². The maximum absolute atomic E-state index is 12.8. The number of hydrogen-bond acceptors (Lipinski definition) is 7. The molecule has 0 aliphatic carbocycles. The number of thioether (sulfide) groups is 1. The second-order valence-electron chi connectivity index (χ2n) is 9.06. The van der Waals surface area contributed by atoms with Crippen LogP contribution in [0.3, 0.4) is 0 Å². The molecule has 0 fully saturated rings. The van der Waals surface area contributed by atoms with Crippen molar-refractivity contribution in [1.82, 2.24) is 25.2 Å². The molecule has 0 radical (unpaired) electrons. The Morgan fingerprint density at radius 3 is 2.35 bits per heavy atom. The standard InChI is InChI=1S/C31H28N6O2S/c1-21-17-22(2)34-31(33-21)40-20-23-9-11-25(12-10-23)30(38)35-32-18-26-19-37(27-7-5-4-6-8-27)36-29(26)24-13-15-28(39-3)16-14-24/h4-19H,20H2,1-3H3,(H,35,38)/b32-18-. The van der Waals surface area contributed by atoms with E-state index in [9.17, 15) is 4.79 Å². The summed E-state index contributed by atoms with van der Waals surface area (Å²) >= 11 is 1.57. The lowest BCUT2D eigenvalue weighted by atomic mass is 10.1. The Morgan fingerprint density at radius 1 is 0.975 bits per heavy atom. The van der Waals surface area contributed by atoms with Crippen LogP contribution in [0.15, 0.2) is 101 Å². The number of nitrogens with zero attached hydrogens (tertiary/aromatic N) is 5. The van der Waals surface area contributed by atoms with Crippen molar-refractivity contribution in [2.75, 3.05) is 7.11 Å². The zero-order valence-electron chi connectivity index (χ0n) is 22.4. The normalized spacial score (nSPS) is 11.1. The molecule has 1 amide bonds. The number of methoxy groups -OCH3 is 1. The monoisotopic (exact) mass is 548 g/mol. The number of amides is 1. The van der Waals surface area contributed by atoms with E-state index >= 15 is 0 Å². The Bertz CT molecular complexity index is 1610. The largest absolute Gasteiger partial charge is 0.497 e. The smallest absolute Gasteiger partial charge is 0.271 e. The molecule has 1 N–H and O–H groups in total. The third-order valence-corrected chi connectivity index (χ3v) is 6.96. The lowest BCUT2D eigenvalue weighted by Crippen LogP contribution is -2.17. The third-order valence-electron chi connectivity index (χ3n) is 6.04. The molecule has 0 aliphatic rings. The fourth-order valence-corrected chi connectivity index (χ4v) is 4.96. The van der Waals surface area contributed by atoms with Gasteiger partial charge in [-0.25, -0.2) is 20.1 Å². The van der Waals surface area contributed by atoms with Crippen LogP contribution < -0.4 is 10.2 Å². The number of carbonyl (C=O) groups is 1. The minimum Gasteiger partial charge on any atom is -0.497 e. The molecule has 2 heterocycles. The van der Waals surface area contributed by atoms with Gasteiger partial charge in [-0.15, -0.1) is 0 Å². The van der Waals surface area contributed by atoms with E-state index in [-0.39, 0.29) is 5.91 Å². The zero-order valence-corrected chi connectivity index (χ0v) is 23.2. The summed E-state index contributed by atoms with van der Waals surface area (Å²) in [4.78, 5) is 21.7. The fraction of sp³-hybridized carbons (Fsp3) is 0.129. The van der Waals surface area contributed by atoms with Gasteiger partial charge < -0.3 is 4.74 Å². The summed E-state index contributed by atoms with van der Waals surface area (Å²) in [6.07, 6.45) is 3.50. The number of hydrogen-bond donors (Lipinski definition) is 1. The van der Waals surface area contributed by atoms with Gasteiger partial charge in [-0.1, -0.05) is 42.1 Å². The van der Waals surface area contributed by atoms with E-state index < -0.39 is 0 Å². The second kappa shape index (κ2) is 12.4. The van der Waals surface area contributed by atoms with E-state index in [1.807, 2.05) is 92.8 Å². The molecular weight excluding hydrogens is 520 g/mol. The molecule has 0 atom stereocenters. The highest BCUT2D eigenvalue weighted by molar-refractivity contribution is 7.98. The molecule has 0 saturated heterocycles. The molecular formula is C31H28N6O2S. The Kier molecular flexibility index (Phi) is 8.32. The SMILES string of the molecule is COc1ccc(-c2nn(-c3ccccc3)cc2/C=N\NC(=O)c2ccc(CSc3nc(C)cc(C)n3)cc2)cc1. The van der Waals surface area contributed by atoms with Crippen molar-refractivity contribution in [3.8, 4) is 22.7 Å². The molecule has 5 rings (SSSR count). The van der Waals surface area contributed by atoms with Crippen molar-refractivity contribution in [2.24, 2.45) is 5.10 Å². The molecule has 9 heteroatoms. The highest BCUT2D eigenvalue weighted by Gasteiger charge is 2.12. The predicted octanol–water partition coefficient (Wildman–Crippen LogP) is 6.01. The van der Waals surface area contributed by atoms with E-state index in [1.165, 1.54) is 0 Å². The second-order valence-corrected chi connectivity index (χ2v) is 10.0. The minimum atomic E-state index is -0.297. The van der Waals surface area contributed by atoms with Gasteiger partial charge in [0.2, 0.25) is 0 Å². The summed E-state index contributed by atoms with van der Waals surface area (Å²) in [5, 5.41) is 9.77. The first-order valence-electron chi connectivity index (χ1n) is 12.7. The Hall–Kier alpha value is -4.76. The van der Waals surface area contributed by atoms with Gasteiger partial charge in [-0.3, -0.25) is 4.79 Å². The van der Waals surface area contributed by atoms with Crippen molar-refractivity contribution in [3.63, 3.8) is 0 Å². The number of para-hydroxylation sites is 1. The molecule has 2 aromatic heterocycles. The van der Waals surface area contributed by atoms with Crippen molar-refractivity contribution in [1.29, 1.82) is 0 Å². The quantitative estimate of drug-likeness (QED) is 0.105. The van der Waals surface area contributed by atoms with Crippen LogP contribution in [0.25, 0.3) is 16.9 Å². The van der Waals surface area contributed by atoms with Crippen LogP contribution in [0, 0.1) is 13.8 Å². The van der Waals surface area contributed by atoms with Crippen molar-refractivity contribution >= 4 is 23.9 Å². The summed E-state index contributed by atoms with van der Waals surface area (Å²) in [6.45, 7) is 3.92. The zero-order chi connectivity index (χ0) is 27.9. The maximum atomic E-state index is 12.8. The molecule has 40 heavy (non-hydrogen) atoms.